The Labute approximate surface area is 84.5 Å². The Bertz CT molecular complexity index is 334. The van der Waals surface area contributed by atoms with Crippen molar-refractivity contribution in [1.29, 1.82) is 0 Å². The first-order chi connectivity index (χ1) is 6.22. The molecule has 13 heavy (non-hydrogen) atoms. The van der Waals surface area contributed by atoms with E-state index >= 15 is 0 Å². The highest BCUT2D eigenvalue weighted by Gasteiger charge is 2.15. The molecule has 1 aromatic heterocycles. The Hall–Kier alpha value is -0.880. The number of carbonyl (C=O) groups excluding carboxylic acids is 1. The van der Waals surface area contributed by atoms with E-state index in [9.17, 15) is 4.79 Å². The van der Waals surface area contributed by atoms with Crippen molar-refractivity contribution in [3.05, 3.63) is 4.88 Å². The zero-order valence-electron chi connectivity index (χ0n) is 7.33. The molecule has 0 spiro atoms. The van der Waals surface area contributed by atoms with Gasteiger partial charge in [-0.15, -0.1) is 11.3 Å². The first-order valence-corrected chi connectivity index (χ1v) is 5.50. The summed E-state index contributed by atoms with van der Waals surface area (Å²) in [5.74, 6) is 0.244. The molecule has 0 aliphatic heterocycles. The molecule has 6 heteroatoms. The molecular weight excluding hydrogens is 206 g/mol. The lowest BCUT2D eigenvalue weighted by Gasteiger charge is -1.93. The maximum atomic E-state index is 11.3. The van der Waals surface area contributed by atoms with Gasteiger partial charge in [-0.05, 0) is 13.0 Å². The molecule has 0 atom stereocenters. The van der Waals surface area contributed by atoms with Crippen LogP contribution in [0.15, 0.2) is 9.33 Å². The zero-order valence-corrected chi connectivity index (χ0v) is 8.96. The summed E-state index contributed by atoms with van der Waals surface area (Å²) in [5, 5.41) is 2.53. The molecule has 0 saturated carbocycles. The minimum absolute atomic E-state index is 0.166. The summed E-state index contributed by atoms with van der Waals surface area (Å²) in [7, 11) is 1.58. The van der Waals surface area contributed by atoms with Gasteiger partial charge >= 0.3 is 0 Å². The minimum atomic E-state index is -0.166. The largest absolute Gasteiger partial charge is 0.354 e. The second kappa shape index (κ2) is 4.38. The lowest BCUT2D eigenvalue weighted by atomic mass is 10.5. The number of carbonyl (C=O) groups is 1. The van der Waals surface area contributed by atoms with Gasteiger partial charge in [0.1, 0.15) is 4.88 Å². The molecule has 0 unspecified atom stereocenters. The Morgan fingerprint density at radius 2 is 2.46 bits per heavy atom. The topological polar surface area (TPSA) is 54.4 Å². The van der Waals surface area contributed by atoms with Gasteiger partial charge in [0.05, 0.1) is 0 Å². The van der Waals surface area contributed by atoms with Crippen LogP contribution < -0.4 is 5.32 Å². The average molecular weight is 215 g/mol. The van der Waals surface area contributed by atoms with Crippen LogP contribution in [0.3, 0.4) is 0 Å². The molecule has 70 valence electrons. The molecule has 4 nitrogen and oxygen atoms in total. The summed E-state index contributed by atoms with van der Waals surface area (Å²) in [6.45, 7) is 3.36. The summed E-state index contributed by atoms with van der Waals surface area (Å²) < 4.78 is 0.820. The number of nitrogens with zero attached hydrogens (tertiary/aromatic N) is 2. The van der Waals surface area contributed by atoms with Crippen LogP contribution in [0.2, 0.25) is 0 Å². The second-order valence-electron chi connectivity index (χ2n) is 2.07. The Balaban J connectivity index is 3.10. The first kappa shape index (κ1) is 10.2. The Morgan fingerprint density at radius 1 is 1.77 bits per heavy atom. The number of aromatic nitrogens is 1. The summed E-state index contributed by atoms with van der Waals surface area (Å²) >= 11 is 2.81. The van der Waals surface area contributed by atoms with Gasteiger partial charge in [0.25, 0.3) is 5.91 Å². The van der Waals surface area contributed by atoms with Crippen LogP contribution in [0.1, 0.15) is 9.67 Å². The van der Waals surface area contributed by atoms with Crippen molar-refractivity contribution in [3.8, 4) is 0 Å². The molecule has 0 saturated heterocycles. The highest BCUT2D eigenvalue weighted by atomic mass is 32.2. The third kappa shape index (κ3) is 2.07. The van der Waals surface area contributed by atoms with Crippen molar-refractivity contribution < 1.29 is 4.79 Å². The summed E-state index contributed by atoms with van der Waals surface area (Å²) in [5.41, 5.74) is 0. The lowest BCUT2D eigenvalue weighted by Crippen LogP contribution is -2.16. The van der Waals surface area contributed by atoms with Crippen LogP contribution in [0.4, 0.5) is 5.82 Å². The molecule has 1 aromatic rings. The fraction of sp³-hybridized carbons (Fsp3) is 0.286. The van der Waals surface area contributed by atoms with Gasteiger partial charge < -0.3 is 5.32 Å². The fourth-order valence-electron chi connectivity index (χ4n) is 0.749. The van der Waals surface area contributed by atoms with E-state index in [4.69, 9.17) is 0 Å². The minimum Gasteiger partial charge on any atom is -0.354 e. The average Bonchev–Trinajstić information content (AvgIpc) is 2.59. The van der Waals surface area contributed by atoms with Crippen molar-refractivity contribution in [2.45, 2.75) is 4.34 Å². The van der Waals surface area contributed by atoms with Gasteiger partial charge in [0, 0.05) is 7.05 Å². The quantitative estimate of drug-likeness (QED) is 0.615. The third-order valence-electron chi connectivity index (χ3n) is 1.35. The number of rotatable bonds is 3. The van der Waals surface area contributed by atoms with E-state index in [-0.39, 0.29) is 5.91 Å². The van der Waals surface area contributed by atoms with Crippen molar-refractivity contribution in [1.82, 2.24) is 10.3 Å². The molecular formula is C7H9N3OS2. The van der Waals surface area contributed by atoms with Gasteiger partial charge in [0.15, 0.2) is 10.2 Å². The number of thiazole rings is 1. The van der Waals surface area contributed by atoms with Gasteiger partial charge in [-0.3, -0.25) is 4.79 Å². The highest BCUT2D eigenvalue weighted by Crippen LogP contribution is 2.30. The van der Waals surface area contributed by atoms with Crippen molar-refractivity contribution in [3.63, 3.8) is 0 Å². The van der Waals surface area contributed by atoms with E-state index in [0.29, 0.717) is 10.7 Å². The predicted molar refractivity (Wildman–Crippen MR) is 56.5 cm³/mol. The zero-order chi connectivity index (χ0) is 9.84. The molecule has 1 N–H and O–H groups in total. The number of hydrogen-bond acceptors (Lipinski definition) is 5. The van der Waals surface area contributed by atoms with E-state index in [0.717, 1.165) is 4.34 Å². The monoisotopic (exact) mass is 215 g/mol. The number of aliphatic imine (C=N–C) groups is 1. The molecule has 0 aromatic carbocycles. The smallest absolute Gasteiger partial charge is 0.265 e. The van der Waals surface area contributed by atoms with Crippen LogP contribution >= 0.6 is 23.1 Å². The van der Waals surface area contributed by atoms with Crippen molar-refractivity contribution >= 4 is 41.5 Å². The maximum absolute atomic E-state index is 11.3. The molecule has 0 radical (unpaired) electrons. The maximum Gasteiger partial charge on any atom is 0.265 e. The number of nitrogens with one attached hydrogen (secondary N) is 1. The number of thioether (sulfide) groups is 1. The van der Waals surface area contributed by atoms with Gasteiger partial charge in [-0.25, -0.2) is 9.98 Å². The van der Waals surface area contributed by atoms with E-state index in [1.54, 1.807) is 7.05 Å². The standard InChI is InChI=1S/C7H9N3OS2/c1-8-5-4(6(11)9-2)13-7(10-5)12-3/h1H2,2-3H3,(H,9,11). The van der Waals surface area contributed by atoms with E-state index in [1.165, 1.54) is 23.1 Å². The molecule has 0 bridgehead atoms. The fourth-order valence-corrected chi connectivity index (χ4v) is 2.21. The normalized spacial score (nSPS) is 9.69. The molecule has 0 aliphatic rings. The molecule has 1 rings (SSSR count). The van der Waals surface area contributed by atoms with Crippen LogP contribution in [0.25, 0.3) is 0 Å². The Morgan fingerprint density at radius 3 is 2.92 bits per heavy atom. The SMILES string of the molecule is C=Nc1nc(SC)sc1C(=O)NC. The second-order valence-corrected chi connectivity index (χ2v) is 4.13. The van der Waals surface area contributed by atoms with Crippen molar-refractivity contribution in [2.24, 2.45) is 4.99 Å². The summed E-state index contributed by atoms with van der Waals surface area (Å²) in [6.07, 6.45) is 1.90. The molecule has 0 fully saturated rings. The van der Waals surface area contributed by atoms with E-state index < -0.39 is 0 Å². The van der Waals surface area contributed by atoms with Gasteiger partial charge in [0.2, 0.25) is 0 Å². The molecule has 1 amide bonds. The summed E-state index contributed by atoms with van der Waals surface area (Å²) in [6, 6.07) is 0. The number of hydrogen-bond donors (Lipinski definition) is 1. The number of amides is 1. The van der Waals surface area contributed by atoms with Crippen LogP contribution in [-0.4, -0.2) is 30.9 Å². The van der Waals surface area contributed by atoms with Crippen molar-refractivity contribution in [2.75, 3.05) is 13.3 Å². The van der Waals surface area contributed by atoms with E-state index in [2.05, 4.69) is 22.0 Å². The lowest BCUT2D eigenvalue weighted by molar-refractivity contribution is 0.0967. The van der Waals surface area contributed by atoms with Crippen LogP contribution in [-0.2, 0) is 0 Å². The molecule has 0 aliphatic carbocycles. The van der Waals surface area contributed by atoms with Crippen LogP contribution in [0.5, 0.6) is 0 Å². The van der Waals surface area contributed by atoms with E-state index in [1.807, 2.05) is 6.26 Å². The first-order valence-electron chi connectivity index (χ1n) is 3.46. The third-order valence-corrected chi connectivity index (χ3v) is 3.38. The highest BCUT2D eigenvalue weighted by molar-refractivity contribution is 8.00. The summed E-state index contributed by atoms with van der Waals surface area (Å²) in [4.78, 5) is 19.6. The predicted octanol–water partition coefficient (Wildman–Crippen LogP) is 1.56. The van der Waals surface area contributed by atoms with Crippen LogP contribution in [0, 0.1) is 0 Å². The Kier molecular flexibility index (Phi) is 3.44. The van der Waals surface area contributed by atoms with Gasteiger partial charge in [-0.2, -0.15) is 0 Å². The molecule has 1 heterocycles. The van der Waals surface area contributed by atoms with Gasteiger partial charge in [-0.1, -0.05) is 11.8 Å².